The molecule has 28 heavy (non-hydrogen) atoms. The smallest absolute Gasteiger partial charge is 0.387 e. The molecule has 0 aliphatic heterocycles. The molecule has 2 aromatic rings. The summed E-state index contributed by atoms with van der Waals surface area (Å²) in [6.45, 7) is -3.03. The Bertz CT molecular complexity index is 872. The summed E-state index contributed by atoms with van der Waals surface area (Å²) < 4.78 is 59.9. The van der Waals surface area contributed by atoms with Crippen molar-refractivity contribution in [2.45, 2.75) is 17.9 Å². The van der Waals surface area contributed by atoms with Gasteiger partial charge in [0, 0.05) is 6.54 Å². The summed E-state index contributed by atoms with van der Waals surface area (Å²) in [6, 6.07) is 11.8. The Morgan fingerprint density at radius 1 is 1.04 bits per heavy atom. The van der Waals surface area contributed by atoms with Gasteiger partial charge in [-0.25, -0.2) is 13.1 Å². The molecule has 0 heterocycles. The van der Waals surface area contributed by atoms with E-state index in [1.165, 1.54) is 43.5 Å². The van der Waals surface area contributed by atoms with Crippen LogP contribution in [-0.2, 0) is 21.2 Å². The first-order valence-electron chi connectivity index (χ1n) is 8.24. The molecule has 0 radical (unpaired) electrons. The van der Waals surface area contributed by atoms with Gasteiger partial charge < -0.3 is 14.8 Å². The molecule has 7 nitrogen and oxygen atoms in total. The van der Waals surface area contributed by atoms with Gasteiger partial charge in [-0.1, -0.05) is 12.1 Å². The van der Waals surface area contributed by atoms with Crippen LogP contribution in [0.15, 0.2) is 53.4 Å². The Hall–Kier alpha value is -2.72. The minimum absolute atomic E-state index is 0.0206. The average molecular weight is 414 g/mol. The second kappa shape index (κ2) is 10.00. The van der Waals surface area contributed by atoms with Gasteiger partial charge in [-0.05, 0) is 48.4 Å². The third-order valence-corrected chi connectivity index (χ3v) is 5.09. The lowest BCUT2D eigenvalue weighted by atomic mass is 10.1. The lowest BCUT2D eigenvalue weighted by Gasteiger charge is -2.09. The molecule has 0 aliphatic rings. The number of amides is 1. The number of halogens is 2. The summed E-state index contributed by atoms with van der Waals surface area (Å²) in [7, 11) is -2.34. The lowest BCUT2D eigenvalue weighted by molar-refractivity contribution is -0.119. The number of ether oxygens (including phenoxy) is 2. The van der Waals surface area contributed by atoms with E-state index in [4.69, 9.17) is 4.74 Å². The largest absolute Gasteiger partial charge is 0.497 e. The topological polar surface area (TPSA) is 93.7 Å². The van der Waals surface area contributed by atoms with Crippen LogP contribution >= 0.6 is 0 Å². The Balaban J connectivity index is 1.76. The number of carbonyl (C=O) groups excluding carboxylic acids is 1. The molecule has 0 spiro atoms. The molecule has 0 aliphatic carbocycles. The number of rotatable bonds is 10. The minimum Gasteiger partial charge on any atom is -0.497 e. The van der Waals surface area contributed by atoms with Crippen LogP contribution in [0.25, 0.3) is 0 Å². The van der Waals surface area contributed by atoms with Gasteiger partial charge in [-0.2, -0.15) is 8.78 Å². The molecule has 152 valence electrons. The predicted octanol–water partition coefficient (Wildman–Crippen LogP) is 1.93. The van der Waals surface area contributed by atoms with Gasteiger partial charge in [0.1, 0.15) is 11.5 Å². The molecule has 0 aromatic heterocycles. The molecule has 2 N–H and O–H groups in total. The van der Waals surface area contributed by atoms with Crippen LogP contribution in [0, 0.1) is 0 Å². The van der Waals surface area contributed by atoms with E-state index in [1.54, 1.807) is 12.1 Å². The second-order valence-corrected chi connectivity index (χ2v) is 7.39. The van der Waals surface area contributed by atoms with Crippen LogP contribution in [0.1, 0.15) is 5.56 Å². The van der Waals surface area contributed by atoms with E-state index in [9.17, 15) is 22.0 Å². The number of hydrogen-bond acceptors (Lipinski definition) is 5. The van der Waals surface area contributed by atoms with Crippen molar-refractivity contribution in [1.82, 2.24) is 10.0 Å². The zero-order valence-electron chi connectivity index (χ0n) is 15.0. The maximum absolute atomic E-state index is 12.1. The third kappa shape index (κ3) is 6.78. The van der Waals surface area contributed by atoms with Gasteiger partial charge in [0.05, 0.1) is 18.6 Å². The van der Waals surface area contributed by atoms with Crippen molar-refractivity contribution in [3.63, 3.8) is 0 Å². The maximum Gasteiger partial charge on any atom is 0.387 e. The van der Waals surface area contributed by atoms with Crippen LogP contribution in [0.5, 0.6) is 11.5 Å². The van der Waals surface area contributed by atoms with Crippen LogP contribution in [0.2, 0.25) is 0 Å². The molecule has 0 saturated heterocycles. The molecule has 1 amide bonds. The van der Waals surface area contributed by atoms with Gasteiger partial charge in [-0.3, -0.25) is 4.79 Å². The first-order valence-corrected chi connectivity index (χ1v) is 9.72. The fourth-order valence-electron chi connectivity index (χ4n) is 2.25. The van der Waals surface area contributed by atoms with E-state index in [-0.39, 0.29) is 17.2 Å². The van der Waals surface area contributed by atoms with Gasteiger partial charge in [-0.15, -0.1) is 0 Å². The van der Waals surface area contributed by atoms with E-state index in [0.717, 1.165) is 5.56 Å². The summed E-state index contributed by atoms with van der Waals surface area (Å²) in [5, 5.41) is 2.58. The number of alkyl halides is 2. The fourth-order valence-corrected chi connectivity index (χ4v) is 3.23. The number of methoxy groups -OCH3 is 1. The van der Waals surface area contributed by atoms with Crippen molar-refractivity contribution in [3.05, 3.63) is 54.1 Å². The van der Waals surface area contributed by atoms with Crippen molar-refractivity contribution in [3.8, 4) is 11.5 Å². The van der Waals surface area contributed by atoms with E-state index in [0.29, 0.717) is 12.2 Å². The maximum atomic E-state index is 12.1. The molecule has 0 bridgehead atoms. The number of sulfonamides is 1. The molecule has 0 saturated carbocycles. The van der Waals surface area contributed by atoms with E-state index < -0.39 is 29.1 Å². The Kier molecular flexibility index (Phi) is 7.70. The number of benzene rings is 2. The van der Waals surface area contributed by atoms with Crippen LogP contribution in [0.3, 0.4) is 0 Å². The average Bonchev–Trinajstić information content (AvgIpc) is 2.67. The van der Waals surface area contributed by atoms with Crippen LogP contribution in [-0.4, -0.2) is 41.1 Å². The van der Waals surface area contributed by atoms with Crippen molar-refractivity contribution in [2.75, 3.05) is 20.2 Å². The second-order valence-electron chi connectivity index (χ2n) is 5.62. The molecule has 0 unspecified atom stereocenters. The Morgan fingerprint density at radius 3 is 2.21 bits per heavy atom. The third-order valence-electron chi connectivity index (χ3n) is 3.68. The summed E-state index contributed by atoms with van der Waals surface area (Å²) in [5.41, 5.74) is 0.806. The van der Waals surface area contributed by atoms with Crippen LogP contribution < -0.4 is 19.5 Å². The highest BCUT2D eigenvalue weighted by Gasteiger charge is 2.15. The summed E-state index contributed by atoms with van der Waals surface area (Å²) in [6.07, 6.45) is 0.450. The normalized spacial score (nSPS) is 11.3. The number of nitrogens with one attached hydrogen (secondary N) is 2. The molecular formula is C18H20F2N2O5S. The number of carbonyl (C=O) groups is 1. The summed E-state index contributed by atoms with van der Waals surface area (Å²) in [5.74, 6) is 0.0796. The van der Waals surface area contributed by atoms with E-state index >= 15 is 0 Å². The zero-order valence-corrected chi connectivity index (χ0v) is 15.8. The minimum atomic E-state index is -3.81. The number of hydrogen-bond donors (Lipinski definition) is 2. The van der Waals surface area contributed by atoms with Crippen molar-refractivity contribution < 1.29 is 31.5 Å². The van der Waals surface area contributed by atoms with E-state index in [1.807, 2.05) is 0 Å². The highest BCUT2D eigenvalue weighted by Crippen LogP contribution is 2.16. The first kappa shape index (κ1) is 21.6. The lowest BCUT2D eigenvalue weighted by Crippen LogP contribution is -2.37. The monoisotopic (exact) mass is 414 g/mol. The molecule has 0 fully saturated rings. The molecule has 10 heteroatoms. The van der Waals surface area contributed by atoms with Gasteiger partial charge in [0.25, 0.3) is 0 Å². The van der Waals surface area contributed by atoms with E-state index in [2.05, 4.69) is 14.8 Å². The highest BCUT2D eigenvalue weighted by atomic mass is 32.2. The van der Waals surface area contributed by atoms with Gasteiger partial charge in [0.15, 0.2) is 0 Å². The van der Waals surface area contributed by atoms with Crippen molar-refractivity contribution >= 4 is 15.9 Å². The predicted molar refractivity (Wildman–Crippen MR) is 98.0 cm³/mol. The van der Waals surface area contributed by atoms with Gasteiger partial charge in [0.2, 0.25) is 15.9 Å². The molecule has 0 atom stereocenters. The quantitative estimate of drug-likeness (QED) is 0.620. The summed E-state index contributed by atoms with van der Waals surface area (Å²) in [4.78, 5) is 11.8. The SMILES string of the molecule is COc1ccc(S(=O)(=O)NCC(=O)NCCc2ccc(OC(F)F)cc2)cc1. The van der Waals surface area contributed by atoms with Crippen molar-refractivity contribution in [2.24, 2.45) is 0 Å². The first-order chi connectivity index (χ1) is 13.3. The highest BCUT2D eigenvalue weighted by molar-refractivity contribution is 7.89. The molecule has 2 rings (SSSR count). The zero-order chi connectivity index (χ0) is 20.6. The summed E-state index contributed by atoms with van der Waals surface area (Å²) >= 11 is 0. The van der Waals surface area contributed by atoms with Crippen LogP contribution in [0.4, 0.5) is 8.78 Å². The molecular weight excluding hydrogens is 394 g/mol. The molecule has 2 aromatic carbocycles. The Labute approximate surface area is 161 Å². The van der Waals surface area contributed by atoms with Gasteiger partial charge >= 0.3 is 6.61 Å². The Morgan fingerprint density at radius 2 is 1.64 bits per heavy atom. The standard InChI is InChI=1S/C18H20F2N2O5S/c1-26-14-6-8-16(9-7-14)28(24,25)22-12-17(23)21-11-10-13-2-4-15(5-3-13)27-18(19)20/h2-9,18,22H,10-12H2,1H3,(H,21,23). The fraction of sp³-hybridized carbons (Fsp3) is 0.278. The van der Waals surface area contributed by atoms with Crippen molar-refractivity contribution in [1.29, 1.82) is 0 Å².